The minimum atomic E-state index is -0.236. The zero-order chi connectivity index (χ0) is 13.2. The van der Waals surface area contributed by atoms with E-state index >= 15 is 0 Å². The first-order valence-electron chi connectivity index (χ1n) is 6.79. The fraction of sp³-hybridized carbons (Fsp3) is 0.562. The van der Waals surface area contributed by atoms with E-state index in [2.05, 4.69) is 12.1 Å². The smallest absolute Gasteiger partial charge is 0.145 e. The summed E-state index contributed by atoms with van der Waals surface area (Å²) in [5.74, 6) is 1.35. The summed E-state index contributed by atoms with van der Waals surface area (Å²) in [6, 6.07) is 8.04. The van der Waals surface area contributed by atoms with Crippen molar-refractivity contribution in [1.29, 1.82) is 0 Å². The molecule has 0 atom stereocenters. The lowest BCUT2D eigenvalue weighted by molar-refractivity contribution is -0.127. The van der Waals surface area contributed by atoms with Gasteiger partial charge in [0.15, 0.2) is 0 Å². The van der Waals surface area contributed by atoms with E-state index in [0.717, 1.165) is 31.4 Å². The Morgan fingerprint density at radius 2 is 1.72 bits per heavy atom. The van der Waals surface area contributed by atoms with Crippen LogP contribution in [0.2, 0.25) is 0 Å². The lowest BCUT2D eigenvalue weighted by Crippen LogP contribution is -2.36. The van der Waals surface area contributed by atoms with Crippen LogP contribution in [0.1, 0.15) is 45.1 Å². The first-order valence-corrected chi connectivity index (χ1v) is 6.79. The van der Waals surface area contributed by atoms with E-state index in [9.17, 15) is 4.79 Å². The Balaban J connectivity index is 2.37. The maximum Gasteiger partial charge on any atom is 0.145 e. The molecule has 1 aromatic rings. The maximum atomic E-state index is 12.6. The molecule has 1 aromatic carbocycles. The molecule has 0 bridgehead atoms. The zero-order valence-electron chi connectivity index (χ0n) is 11.5. The summed E-state index contributed by atoms with van der Waals surface area (Å²) in [5.41, 5.74) is 0.931. The molecule has 2 heteroatoms. The Labute approximate surface area is 109 Å². The van der Waals surface area contributed by atoms with E-state index in [1.54, 1.807) is 7.11 Å². The summed E-state index contributed by atoms with van der Waals surface area (Å²) in [4.78, 5) is 12.6. The third kappa shape index (κ3) is 2.16. The van der Waals surface area contributed by atoms with Gasteiger partial charge in [0, 0.05) is 5.92 Å². The van der Waals surface area contributed by atoms with Crippen LogP contribution in [0.4, 0.5) is 0 Å². The number of Topliss-reactive ketones (excluding diaryl/α,β-unsaturated/α-hetero) is 1. The predicted octanol–water partition coefficient (Wildman–Crippen LogP) is 3.73. The fourth-order valence-electron chi connectivity index (χ4n) is 3.12. The highest BCUT2D eigenvalue weighted by Gasteiger charge is 2.43. The molecule has 1 fully saturated rings. The second-order valence-electron chi connectivity index (χ2n) is 5.54. The molecule has 0 spiro atoms. The van der Waals surface area contributed by atoms with Crippen LogP contribution in [0, 0.1) is 5.92 Å². The van der Waals surface area contributed by atoms with Gasteiger partial charge in [-0.1, -0.05) is 38.8 Å². The Kier molecular flexibility index (Phi) is 3.74. The van der Waals surface area contributed by atoms with Gasteiger partial charge in [-0.25, -0.2) is 0 Å². The van der Waals surface area contributed by atoms with Gasteiger partial charge in [0.1, 0.15) is 11.5 Å². The van der Waals surface area contributed by atoms with Crippen molar-refractivity contribution in [3.8, 4) is 5.75 Å². The number of hydrogen-bond acceptors (Lipinski definition) is 2. The highest BCUT2D eigenvalue weighted by atomic mass is 16.5. The predicted molar refractivity (Wildman–Crippen MR) is 73.0 cm³/mol. The third-order valence-electron chi connectivity index (χ3n) is 4.10. The van der Waals surface area contributed by atoms with Gasteiger partial charge in [0.05, 0.1) is 12.5 Å². The highest BCUT2D eigenvalue weighted by Crippen LogP contribution is 2.43. The minimum Gasteiger partial charge on any atom is -0.497 e. The van der Waals surface area contributed by atoms with Crippen molar-refractivity contribution in [3.63, 3.8) is 0 Å². The van der Waals surface area contributed by atoms with Crippen LogP contribution in [0.5, 0.6) is 5.75 Å². The molecule has 2 nitrogen and oxygen atoms in total. The van der Waals surface area contributed by atoms with Gasteiger partial charge in [-0.2, -0.15) is 0 Å². The Morgan fingerprint density at radius 1 is 1.17 bits per heavy atom. The molecule has 0 heterocycles. The van der Waals surface area contributed by atoms with Crippen LogP contribution in [0.15, 0.2) is 24.3 Å². The van der Waals surface area contributed by atoms with Gasteiger partial charge in [0.25, 0.3) is 0 Å². The van der Waals surface area contributed by atoms with Gasteiger partial charge in [-0.15, -0.1) is 0 Å². The summed E-state index contributed by atoms with van der Waals surface area (Å²) in [5, 5.41) is 0. The molecule has 0 radical (unpaired) electrons. The van der Waals surface area contributed by atoms with E-state index < -0.39 is 0 Å². The van der Waals surface area contributed by atoms with Gasteiger partial charge in [-0.05, 0) is 30.5 Å². The molecule has 0 aliphatic heterocycles. The Bertz CT molecular complexity index is 411. The molecule has 0 unspecified atom stereocenters. The molecular weight excluding hydrogens is 224 g/mol. The second-order valence-corrected chi connectivity index (χ2v) is 5.54. The Morgan fingerprint density at radius 3 is 2.17 bits per heavy atom. The van der Waals surface area contributed by atoms with Crippen LogP contribution in [-0.4, -0.2) is 12.9 Å². The summed E-state index contributed by atoms with van der Waals surface area (Å²) >= 11 is 0. The third-order valence-corrected chi connectivity index (χ3v) is 4.10. The van der Waals surface area contributed by atoms with Crippen LogP contribution in [0.3, 0.4) is 0 Å². The lowest BCUT2D eigenvalue weighted by atomic mass is 9.72. The molecular formula is C16H22O2. The average Bonchev–Trinajstić information content (AvgIpc) is 2.88. The van der Waals surface area contributed by atoms with E-state index in [1.807, 2.05) is 26.0 Å². The number of hydrogen-bond donors (Lipinski definition) is 0. The van der Waals surface area contributed by atoms with Gasteiger partial charge in [-0.3, -0.25) is 4.79 Å². The van der Waals surface area contributed by atoms with Crippen molar-refractivity contribution in [2.45, 2.75) is 44.9 Å². The Hall–Kier alpha value is -1.31. The summed E-state index contributed by atoms with van der Waals surface area (Å²) in [7, 11) is 1.67. The SMILES string of the molecule is COc1ccc(C2(C(=O)C(C)C)CCCC2)cc1. The number of ketones is 1. The number of ether oxygens (including phenoxy) is 1. The molecule has 1 aliphatic rings. The minimum absolute atomic E-state index is 0.102. The van der Waals surface area contributed by atoms with Gasteiger partial charge >= 0.3 is 0 Å². The van der Waals surface area contributed by atoms with Crippen molar-refractivity contribution in [2.75, 3.05) is 7.11 Å². The van der Waals surface area contributed by atoms with Crippen LogP contribution >= 0.6 is 0 Å². The normalized spacial score (nSPS) is 18.0. The molecule has 18 heavy (non-hydrogen) atoms. The van der Waals surface area contributed by atoms with Crippen molar-refractivity contribution >= 4 is 5.78 Å². The monoisotopic (exact) mass is 246 g/mol. The molecule has 1 aliphatic carbocycles. The summed E-state index contributed by atoms with van der Waals surface area (Å²) in [6.45, 7) is 4.01. The van der Waals surface area contributed by atoms with Crippen LogP contribution in [-0.2, 0) is 10.2 Å². The van der Waals surface area contributed by atoms with E-state index in [1.165, 1.54) is 5.56 Å². The number of carbonyl (C=O) groups excluding carboxylic acids is 1. The maximum absolute atomic E-state index is 12.6. The average molecular weight is 246 g/mol. The first kappa shape index (κ1) is 13.1. The van der Waals surface area contributed by atoms with Crippen LogP contribution < -0.4 is 4.74 Å². The summed E-state index contributed by atoms with van der Waals surface area (Å²) in [6.07, 6.45) is 4.31. The lowest BCUT2D eigenvalue weighted by Gasteiger charge is -2.30. The number of carbonyl (C=O) groups is 1. The highest BCUT2D eigenvalue weighted by molar-refractivity contribution is 5.92. The molecule has 0 aromatic heterocycles. The molecule has 2 rings (SSSR count). The van der Waals surface area contributed by atoms with Gasteiger partial charge < -0.3 is 4.74 Å². The van der Waals surface area contributed by atoms with Crippen LogP contribution in [0.25, 0.3) is 0 Å². The fourth-order valence-corrected chi connectivity index (χ4v) is 3.12. The van der Waals surface area contributed by atoms with Crippen molar-refractivity contribution < 1.29 is 9.53 Å². The summed E-state index contributed by atoms with van der Waals surface area (Å²) < 4.78 is 5.19. The van der Waals surface area contributed by atoms with Gasteiger partial charge in [0.2, 0.25) is 0 Å². The molecule has 0 N–H and O–H groups in total. The standard InChI is InChI=1S/C16H22O2/c1-12(2)15(17)16(10-4-5-11-16)13-6-8-14(18-3)9-7-13/h6-9,12H,4-5,10-11H2,1-3H3. The number of benzene rings is 1. The van der Waals surface area contributed by atoms with Crippen molar-refractivity contribution in [3.05, 3.63) is 29.8 Å². The molecule has 0 amide bonds. The second kappa shape index (κ2) is 5.13. The largest absolute Gasteiger partial charge is 0.497 e. The van der Waals surface area contributed by atoms with Crippen molar-refractivity contribution in [2.24, 2.45) is 5.92 Å². The quantitative estimate of drug-likeness (QED) is 0.809. The number of methoxy groups -OCH3 is 1. The molecule has 98 valence electrons. The van der Waals surface area contributed by atoms with E-state index in [-0.39, 0.29) is 11.3 Å². The zero-order valence-corrected chi connectivity index (χ0v) is 11.5. The van der Waals surface area contributed by atoms with E-state index in [4.69, 9.17) is 4.74 Å². The number of rotatable bonds is 4. The first-order chi connectivity index (χ1) is 8.60. The molecule has 1 saturated carbocycles. The topological polar surface area (TPSA) is 26.3 Å². The molecule has 0 saturated heterocycles. The van der Waals surface area contributed by atoms with Crippen molar-refractivity contribution in [1.82, 2.24) is 0 Å². The van der Waals surface area contributed by atoms with E-state index in [0.29, 0.717) is 5.78 Å².